The topological polar surface area (TPSA) is 87.2 Å². The Morgan fingerprint density at radius 3 is 2.96 bits per heavy atom. The van der Waals surface area contributed by atoms with E-state index >= 15 is 0 Å². The Morgan fingerprint density at radius 2 is 2.15 bits per heavy atom. The van der Waals surface area contributed by atoms with Crippen LogP contribution in [-0.2, 0) is 24.3 Å². The zero-order chi connectivity index (χ0) is 18.1. The number of carbonyl (C=O) groups is 1. The molecule has 4 rings (SSSR count). The number of hydrogen-bond donors (Lipinski definition) is 0. The van der Waals surface area contributed by atoms with Crippen molar-refractivity contribution in [2.75, 3.05) is 0 Å². The number of fused-ring (bicyclic) bond motifs is 2. The van der Waals surface area contributed by atoms with E-state index in [1.807, 2.05) is 0 Å². The van der Waals surface area contributed by atoms with E-state index in [-0.39, 0.29) is 12.2 Å². The van der Waals surface area contributed by atoms with Gasteiger partial charge in [0.1, 0.15) is 23.9 Å². The number of hydrogen-bond acceptors (Lipinski definition) is 6. The van der Waals surface area contributed by atoms with E-state index in [9.17, 15) is 9.59 Å². The summed E-state index contributed by atoms with van der Waals surface area (Å²) in [5.41, 5.74) is 1.42. The predicted octanol–water partition coefficient (Wildman–Crippen LogP) is 2.78. The highest BCUT2D eigenvalue weighted by atomic mass is 16.5. The largest absolute Gasteiger partial charge is 0.455 e. The first-order chi connectivity index (χ1) is 12.6. The number of esters is 1. The van der Waals surface area contributed by atoms with Crippen LogP contribution in [0.1, 0.15) is 46.9 Å². The van der Waals surface area contributed by atoms with Gasteiger partial charge in [-0.05, 0) is 38.0 Å². The summed E-state index contributed by atoms with van der Waals surface area (Å²) in [4.78, 5) is 29.6. The molecule has 0 saturated carbocycles. The summed E-state index contributed by atoms with van der Waals surface area (Å²) in [6, 6.07) is 6.59. The summed E-state index contributed by atoms with van der Waals surface area (Å²) in [6.07, 6.45) is 3.90. The molecule has 134 valence electrons. The fourth-order valence-corrected chi connectivity index (χ4v) is 3.25. The van der Waals surface area contributed by atoms with Gasteiger partial charge in [0.15, 0.2) is 0 Å². The number of rotatable bonds is 3. The van der Waals surface area contributed by atoms with Crippen LogP contribution in [-0.4, -0.2) is 20.7 Å². The summed E-state index contributed by atoms with van der Waals surface area (Å²) in [6.45, 7) is 2.52. The number of carbonyl (C=O) groups excluding carboxylic acids is 1. The van der Waals surface area contributed by atoms with Gasteiger partial charge in [0, 0.05) is 19.0 Å². The molecule has 3 heterocycles. The minimum atomic E-state index is -0.482. The molecule has 26 heavy (non-hydrogen) atoms. The second-order valence-electron chi connectivity index (χ2n) is 6.53. The monoisotopic (exact) mass is 353 g/mol. The zero-order valence-electron chi connectivity index (χ0n) is 14.5. The first kappa shape index (κ1) is 16.5. The van der Waals surface area contributed by atoms with E-state index in [2.05, 4.69) is 10.1 Å². The molecule has 1 aliphatic heterocycles. The molecule has 0 spiro atoms. The highest BCUT2D eigenvalue weighted by Gasteiger charge is 2.16. The standard InChI is InChI=1S/C19H19N3O4/c1-12-9-14(21-26-12)11-25-19(24)13-6-7-15-16(10-13)20-17-5-3-2-4-8-22(17)18(15)23/h6-7,9-10H,2-5,8,11H2,1H3. The van der Waals surface area contributed by atoms with Crippen molar-refractivity contribution >= 4 is 16.9 Å². The molecule has 0 aliphatic carbocycles. The maximum Gasteiger partial charge on any atom is 0.338 e. The lowest BCUT2D eigenvalue weighted by molar-refractivity contribution is 0.0464. The minimum absolute atomic E-state index is 0.0362. The Labute approximate surface area is 149 Å². The Bertz CT molecular complexity index is 1030. The van der Waals surface area contributed by atoms with Crippen LogP contribution in [0.15, 0.2) is 33.6 Å². The zero-order valence-corrected chi connectivity index (χ0v) is 14.5. The van der Waals surface area contributed by atoms with E-state index in [1.165, 1.54) is 0 Å². The fraction of sp³-hybridized carbons (Fsp3) is 0.368. The molecule has 0 radical (unpaired) electrons. The SMILES string of the molecule is Cc1cc(COC(=O)c2ccc3c(=O)n4c(nc3c2)CCCCC4)no1. The summed E-state index contributed by atoms with van der Waals surface area (Å²) in [5.74, 6) is 0.972. The van der Waals surface area contributed by atoms with Crippen LogP contribution >= 0.6 is 0 Å². The van der Waals surface area contributed by atoms with Gasteiger partial charge in [-0.1, -0.05) is 11.6 Å². The van der Waals surface area contributed by atoms with Crippen LogP contribution in [0.5, 0.6) is 0 Å². The van der Waals surface area contributed by atoms with Crippen molar-refractivity contribution in [1.29, 1.82) is 0 Å². The molecular formula is C19H19N3O4. The van der Waals surface area contributed by atoms with Gasteiger partial charge in [0.05, 0.1) is 16.5 Å². The summed E-state index contributed by atoms with van der Waals surface area (Å²) < 4.78 is 12.0. The average molecular weight is 353 g/mol. The number of benzene rings is 1. The number of ether oxygens (including phenoxy) is 1. The van der Waals surface area contributed by atoms with Crippen molar-refractivity contribution in [1.82, 2.24) is 14.7 Å². The Kier molecular flexibility index (Phi) is 4.28. The lowest BCUT2D eigenvalue weighted by atomic mass is 10.1. The van der Waals surface area contributed by atoms with Crippen molar-refractivity contribution in [2.45, 2.75) is 45.8 Å². The van der Waals surface area contributed by atoms with Crippen molar-refractivity contribution in [2.24, 2.45) is 0 Å². The Hall–Kier alpha value is -2.96. The highest BCUT2D eigenvalue weighted by Crippen LogP contribution is 2.17. The molecule has 0 atom stereocenters. The van der Waals surface area contributed by atoms with Gasteiger partial charge in [0.2, 0.25) is 0 Å². The van der Waals surface area contributed by atoms with E-state index in [4.69, 9.17) is 9.26 Å². The van der Waals surface area contributed by atoms with E-state index in [0.717, 1.165) is 31.5 Å². The summed E-state index contributed by atoms with van der Waals surface area (Å²) in [5, 5.41) is 4.32. The molecule has 0 N–H and O–H groups in total. The molecule has 2 aromatic heterocycles. The maximum atomic E-state index is 12.7. The van der Waals surface area contributed by atoms with Crippen molar-refractivity contribution in [3.05, 3.63) is 57.5 Å². The van der Waals surface area contributed by atoms with Gasteiger partial charge in [-0.25, -0.2) is 9.78 Å². The molecular weight excluding hydrogens is 334 g/mol. The summed E-state index contributed by atoms with van der Waals surface area (Å²) in [7, 11) is 0. The van der Waals surface area contributed by atoms with Crippen molar-refractivity contribution in [3.63, 3.8) is 0 Å². The molecule has 0 amide bonds. The molecule has 1 aliphatic rings. The van der Waals surface area contributed by atoms with Crippen LogP contribution in [0.2, 0.25) is 0 Å². The quantitative estimate of drug-likeness (QED) is 0.673. The molecule has 7 heteroatoms. The van der Waals surface area contributed by atoms with Crippen molar-refractivity contribution < 1.29 is 14.1 Å². The minimum Gasteiger partial charge on any atom is -0.455 e. The average Bonchev–Trinajstić information content (AvgIpc) is 2.91. The van der Waals surface area contributed by atoms with Crippen LogP contribution in [0, 0.1) is 6.92 Å². The summed E-state index contributed by atoms with van der Waals surface area (Å²) >= 11 is 0. The third-order valence-electron chi connectivity index (χ3n) is 4.58. The van der Waals surface area contributed by atoms with E-state index in [1.54, 1.807) is 35.8 Å². The van der Waals surface area contributed by atoms with Crippen LogP contribution in [0.3, 0.4) is 0 Å². The van der Waals surface area contributed by atoms with E-state index < -0.39 is 5.97 Å². The second kappa shape index (κ2) is 6.74. The second-order valence-corrected chi connectivity index (χ2v) is 6.53. The molecule has 7 nitrogen and oxygen atoms in total. The van der Waals surface area contributed by atoms with Gasteiger partial charge in [0.25, 0.3) is 5.56 Å². The maximum absolute atomic E-state index is 12.7. The Morgan fingerprint density at radius 1 is 1.27 bits per heavy atom. The molecule has 3 aromatic rings. The third-order valence-corrected chi connectivity index (χ3v) is 4.58. The first-order valence-electron chi connectivity index (χ1n) is 8.74. The highest BCUT2D eigenvalue weighted by molar-refractivity contribution is 5.94. The van der Waals surface area contributed by atoms with Gasteiger partial charge < -0.3 is 9.26 Å². The number of aromatic nitrogens is 3. The third kappa shape index (κ3) is 3.12. The smallest absolute Gasteiger partial charge is 0.338 e. The van der Waals surface area contributed by atoms with Gasteiger partial charge in [-0.2, -0.15) is 0 Å². The molecule has 0 unspecified atom stereocenters. The fourth-order valence-electron chi connectivity index (χ4n) is 3.25. The number of nitrogens with zero attached hydrogens (tertiary/aromatic N) is 3. The van der Waals surface area contributed by atoms with Crippen LogP contribution in [0.4, 0.5) is 0 Å². The Balaban J connectivity index is 1.62. The molecule has 0 bridgehead atoms. The number of aryl methyl sites for hydroxylation is 2. The lowest BCUT2D eigenvalue weighted by Crippen LogP contribution is -2.24. The van der Waals surface area contributed by atoms with Crippen molar-refractivity contribution in [3.8, 4) is 0 Å². The van der Waals surface area contributed by atoms with Crippen LogP contribution < -0.4 is 5.56 Å². The van der Waals surface area contributed by atoms with Gasteiger partial charge in [-0.15, -0.1) is 0 Å². The molecule has 0 fully saturated rings. The van der Waals surface area contributed by atoms with Crippen LogP contribution in [0.25, 0.3) is 10.9 Å². The molecule has 1 aromatic carbocycles. The normalized spacial score (nSPS) is 14.0. The van der Waals surface area contributed by atoms with E-state index in [0.29, 0.717) is 34.5 Å². The first-order valence-corrected chi connectivity index (χ1v) is 8.74. The predicted molar refractivity (Wildman–Crippen MR) is 93.9 cm³/mol. The van der Waals surface area contributed by atoms with Gasteiger partial charge >= 0.3 is 5.97 Å². The lowest BCUT2D eigenvalue weighted by Gasteiger charge is -2.10. The van der Waals surface area contributed by atoms with Gasteiger partial charge in [-0.3, -0.25) is 9.36 Å². The molecule has 0 saturated heterocycles.